The second-order valence-electron chi connectivity index (χ2n) is 9.59. The first-order chi connectivity index (χ1) is 15.5. The molecular weight excluding hydrogens is 423 g/mol. The SMILES string of the molecule is CC(C)C(N)=O.CC(C)N1C(=O)N(C)C(=O)C12CCN(CCCC1=CCC=CC(F)=C1)CC2. The zero-order valence-electron chi connectivity index (χ0n) is 20.6. The molecule has 0 saturated carbocycles. The third kappa shape index (κ3) is 6.53. The molecule has 0 bridgehead atoms. The topological polar surface area (TPSA) is 87.0 Å². The number of hydrogen-bond acceptors (Lipinski definition) is 4. The van der Waals surface area contributed by atoms with Crippen LogP contribution in [0.15, 0.2) is 35.7 Å². The van der Waals surface area contributed by atoms with Crippen LogP contribution >= 0.6 is 0 Å². The lowest BCUT2D eigenvalue weighted by Crippen LogP contribution is -2.58. The van der Waals surface area contributed by atoms with Crippen LogP contribution in [0.25, 0.3) is 0 Å². The van der Waals surface area contributed by atoms with Gasteiger partial charge in [0.25, 0.3) is 5.91 Å². The van der Waals surface area contributed by atoms with Gasteiger partial charge in [-0.1, -0.05) is 26.0 Å². The highest BCUT2D eigenvalue weighted by Gasteiger charge is 2.57. The van der Waals surface area contributed by atoms with E-state index in [1.54, 1.807) is 31.9 Å². The quantitative estimate of drug-likeness (QED) is 0.609. The summed E-state index contributed by atoms with van der Waals surface area (Å²) in [6.45, 7) is 10.0. The van der Waals surface area contributed by atoms with E-state index in [1.165, 1.54) is 11.0 Å². The molecule has 0 unspecified atom stereocenters. The Morgan fingerprint density at radius 2 is 1.79 bits per heavy atom. The number of rotatable bonds is 6. The van der Waals surface area contributed by atoms with E-state index in [-0.39, 0.29) is 35.6 Å². The second-order valence-corrected chi connectivity index (χ2v) is 9.59. The van der Waals surface area contributed by atoms with Gasteiger partial charge in [-0.2, -0.15) is 0 Å². The molecule has 33 heavy (non-hydrogen) atoms. The molecule has 0 aromatic carbocycles. The minimum Gasteiger partial charge on any atom is -0.369 e. The summed E-state index contributed by atoms with van der Waals surface area (Å²) < 4.78 is 13.5. The number of primary amides is 1. The summed E-state index contributed by atoms with van der Waals surface area (Å²) >= 11 is 0. The van der Waals surface area contributed by atoms with Crippen molar-refractivity contribution < 1.29 is 18.8 Å². The van der Waals surface area contributed by atoms with Crippen molar-refractivity contribution in [3.05, 3.63) is 35.7 Å². The minimum absolute atomic E-state index is 0.00926. The molecule has 2 N–H and O–H groups in total. The fourth-order valence-corrected chi connectivity index (χ4v) is 4.53. The summed E-state index contributed by atoms with van der Waals surface area (Å²) in [5.41, 5.74) is 5.18. The monoisotopic (exact) mass is 462 g/mol. The van der Waals surface area contributed by atoms with Gasteiger partial charge in [-0.15, -0.1) is 0 Å². The number of piperidine rings is 1. The van der Waals surface area contributed by atoms with E-state index in [0.717, 1.165) is 44.5 Å². The number of amides is 4. The summed E-state index contributed by atoms with van der Waals surface area (Å²) in [6, 6.07) is -0.165. The Kier molecular flexibility index (Phi) is 9.40. The van der Waals surface area contributed by atoms with Gasteiger partial charge in [0.05, 0.1) is 0 Å². The van der Waals surface area contributed by atoms with Crippen molar-refractivity contribution >= 4 is 17.8 Å². The van der Waals surface area contributed by atoms with Gasteiger partial charge >= 0.3 is 6.03 Å². The molecular formula is C25H39FN4O3. The van der Waals surface area contributed by atoms with E-state index in [9.17, 15) is 18.8 Å². The van der Waals surface area contributed by atoms with E-state index in [1.807, 2.05) is 19.9 Å². The summed E-state index contributed by atoms with van der Waals surface area (Å²) in [7, 11) is 1.59. The summed E-state index contributed by atoms with van der Waals surface area (Å²) in [5, 5.41) is 0. The fourth-order valence-electron chi connectivity index (χ4n) is 4.53. The number of allylic oxidation sites excluding steroid dienone is 6. The summed E-state index contributed by atoms with van der Waals surface area (Å²) in [5.74, 6) is -0.487. The minimum atomic E-state index is -0.669. The van der Waals surface area contributed by atoms with Crippen molar-refractivity contribution in [1.82, 2.24) is 14.7 Å². The predicted octanol–water partition coefficient (Wildman–Crippen LogP) is 3.77. The average molecular weight is 463 g/mol. The van der Waals surface area contributed by atoms with Gasteiger partial charge in [0.15, 0.2) is 0 Å². The number of imide groups is 1. The smallest absolute Gasteiger partial charge is 0.327 e. The molecule has 2 fully saturated rings. The summed E-state index contributed by atoms with van der Waals surface area (Å²) in [4.78, 5) is 40.6. The zero-order chi connectivity index (χ0) is 24.8. The average Bonchev–Trinajstić information content (AvgIpc) is 2.89. The van der Waals surface area contributed by atoms with E-state index < -0.39 is 5.54 Å². The van der Waals surface area contributed by atoms with Crippen molar-refractivity contribution in [3.8, 4) is 0 Å². The maximum atomic E-state index is 13.5. The normalized spacial score (nSPS) is 20.7. The molecule has 2 heterocycles. The van der Waals surface area contributed by atoms with Crippen LogP contribution in [0.1, 0.15) is 59.8 Å². The van der Waals surface area contributed by atoms with Crippen LogP contribution in [0.3, 0.4) is 0 Å². The number of carbonyl (C=O) groups excluding carboxylic acids is 3. The lowest BCUT2D eigenvalue weighted by Gasteiger charge is -2.43. The van der Waals surface area contributed by atoms with Gasteiger partial charge in [-0.05, 0) is 70.2 Å². The molecule has 2 aliphatic heterocycles. The van der Waals surface area contributed by atoms with Gasteiger partial charge in [0.1, 0.15) is 11.4 Å². The van der Waals surface area contributed by atoms with Crippen LogP contribution in [0.5, 0.6) is 0 Å². The Morgan fingerprint density at radius 1 is 1.18 bits per heavy atom. The molecule has 0 aromatic rings. The number of carbonyl (C=O) groups is 3. The first-order valence-electron chi connectivity index (χ1n) is 11.9. The van der Waals surface area contributed by atoms with Crippen molar-refractivity contribution in [2.24, 2.45) is 11.7 Å². The number of hydrogen-bond donors (Lipinski definition) is 1. The number of nitrogens with two attached hydrogens (primary N) is 1. The van der Waals surface area contributed by atoms with Gasteiger partial charge in [0, 0.05) is 32.1 Å². The molecule has 1 spiro atoms. The van der Waals surface area contributed by atoms with Crippen LogP contribution in [0.2, 0.25) is 0 Å². The molecule has 0 aromatic heterocycles. The van der Waals surface area contributed by atoms with Crippen LogP contribution in [-0.2, 0) is 9.59 Å². The van der Waals surface area contributed by atoms with Gasteiger partial charge < -0.3 is 15.5 Å². The Labute approximate surface area is 197 Å². The number of nitrogens with zero attached hydrogens (tertiary/aromatic N) is 3. The van der Waals surface area contributed by atoms with E-state index in [4.69, 9.17) is 5.73 Å². The fraction of sp³-hybridized carbons (Fsp3) is 0.640. The van der Waals surface area contributed by atoms with E-state index >= 15 is 0 Å². The van der Waals surface area contributed by atoms with Gasteiger partial charge in [-0.25, -0.2) is 9.18 Å². The molecule has 4 amide bonds. The Balaban J connectivity index is 0.000000569. The molecule has 0 atom stereocenters. The highest BCUT2D eigenvalue weighted by atomic mass is 19.1. The molecule has 2 saturated heterocycles. The van der Waals surface area contributed by atoms with Crippen LogP contribution < -0.4 is 5.73 Å². The van der Waals surface area contributed by atoms with Gasteiger partial charge in [0.2, 0.25) is 5.91 Å². The van der Waals surface area contributed by atoms with Crippen LogP contribution in [-0.4, -0.2) is 70.8 Å². The van der Waals surface area contributed by atoms with E-state index in [2.05, 4.69) is 11.0 Å². The zero-order valence-corrected chi connectivity index (χ0v) is 20.6. The Morgan fingerprint density at radius 3 is 2.33 bits per heavy atom. The largest absolute Gasteiger partial charge is 0.369 e. The lowest BCUT2D eigenvalue weighted by atomic mass is 9.85. The van der Waals surface area contributed by atoms with Gasteiger partial charge in [-0.3, -0.25) is 14.5 Å². The number of likely N-dealkylation sites (tertiary alicyclic amines) is 1. The first kappa shape index (κ1) is 26.8. The van der Waals surface area contributed by atoms with Crippen LogP contribution in [0.4, 0.5) is 9.18 Å². The van der Waals surface area contributed by atoms with Crippen molar-refractivity contribution in [2.75, 3.05) is 26.7 Å². The van der Waals surface area contributed by atoms with Crippen molar-refractivity contribution in [1.29, 1.82) is 0 Å². The third-order valence-corrected chi connectivity index (χ3v) is 6.48. The first-order valence-corrected chi connectivity index (χ1v) is 11.9. The highest BCUT2D eigenvalue weighted by Crippen LogP contribution is 2.38. The molecule has 8 heteroatoms. The van der Waals surface area contributed by atoms with Crippen LogP contribution in [0, 0.1) is 5.92 Å². The molecule has 0 radical (unpaired) electrons. The molecule has 1 aliphatic carbocycles. The number of halogens is 1. The lowest BCUT2D eigenvalue weighted by molar-refractivity contribution is -0.135. The number of urea groups is 1. The molecule has 3 aliphatic rings. The predicted molar refractivity (Wildman–Crippen MR) is 128 cm³/mol. The molecule has 3 rings (SSSR count). The molecule has 184 valence electrons. The molecule has 7 nitrogen and oxygen atoms in total. The standard InChI is InChI=1S/C21H30FN3O2.C4H9NO/c1-16(2)25-20(27)23(3)19(26)21(25)10-13-24(14-11-21)12-6-8-17-7-4-5-9-18(22)15-17;1-3(2)4(5)6/h5,7,9,15-16H,4,6,8,10-14H2,1-3H3;3H,1-2H3,(H2,5,6). The third-order valence-electron chi connectivity index (χ3n) is 6.48. The Bertz CT molecular complexity index is 824. The maximum Gasteiger partial charge on any atom is 0.327 e. The second kappa shape index (κ2) is 11.6. The number of likely N-dealkylation sites (N-methyl/N-ethyl adjacent to an activating group) is 1. The van der Waals surface area contributed by atoms with Crippen molar-refractivity contribution in [3.63, 3.8) is 0 Å². The highest BCUT2D eigenvalue weighted by molar-refractivity contribution is 6.07. The Hall–Kier alpha value is -2.48. The maximum absolute atomic E-state index is 13.5. The van der Waals surface area contributed by atoms with E-state index in [0.29, 0.717) is 12.8 Å². The summed E-state index contributed by atoms with van der Waals surface area (Å²) in [6.07, 6.45) is 11.0. The van der Waals surface area contributed by atoms with Crippen molar-refractivity contribution in [2.45, 2.75) is 71.4 Å².